The minimum absolute atomic E-state index is 0.0268. The van der Waals surface area contributed by atoms with Gasteiger partial charge in [-0.15, -0.1) is 0 Å². The van der Waals surface area contributed by atoms with Crippen LogP contribution in [0.1, 0.15) is 38.2 Å². The Morgan fingerprint density at radius 2 is 1.94 bits per heavy atom. The number of alkyl halides is 2. The van der Waals surface area contributed by atoms with E-state index in [1.54, 1.807) is 31.3 Å². The third kappa shape index (κ3) is 4.43. The molecule has 0 spiro atoms. The van der Waals surface area contributed by atoms with Crippen LogP contribution in [-0.2, 0) is 7.05 Å². The summed E-state index contributed by atoms with van der Waals surface area (Å²) in [5.41, 5.74) is 2.93. The predicted molar refractivity (Wildman–Crippen MR) is 124 cm³/mol. The number of nitrogens with zero attached hydrogens (tertiary/aromatic N) is 6. The van der Waals surface area contributed by atoms with Crippen molar-refractivity contribution in [1.82, 2.24) is 19.4 Å². The number of anilines is 1. The highest BCUT2D eigenvalue weighted by molar-refractivity contribution is 5.89. The Balaban J connectivity index is 1.61. The molecule has 0 saturated carbocycles. The van der Waals surface area contributed by atoms with Crippen molar-refractivity contribution >= 4 is 16.7 Å². The van der Waals surface area contributed by atoms with E-state index in [1.807, 2.05) is 6.92 Å². The van der Waals surface area contributed by atoms with Gasteiger partial charge in [-0.05, 0) is 45.0 Å². The SMILES string of the molecule is CC(c1ccc(OC(F)F)cn1)N1C[C@H](C)N(c2cc(=O)n(C)c3ccc(C#N)nc23)C[C@H]1C. The lowest BCUT2D eigenvalue weighted by Crippen LogP contribution is -2.57. The molecule has 1 unspecified atom stereocenters. The zero-order chi connectivity index (χ0) is 24.6. The van der Waals surface area contributed by atoms with Crippen molar-refractivity contribution in [3.05, 3.63) is 58.3 Å². The van der Waals surface area contributed by atoms with Gasteiger partial charge in [0.2, 0.25) is 0 Å². The number of fused-ring (bicyclic) bond motifs is 1. The van der Waals surface area contributed by atoms with Crippen LogP contribution in [0.5, 0.6) is 5.75 Å². The predicted octanol–water partition coefficient (Wildman–Crippen LogP) is 3.46. The molecule has 1 aliphatic heterocycles. The number of piperazine rings is 1. The van der Waals surface area contributed by atoms with E-state index in [4.69, 9.17) is 0 Å². The van der Waals surface area contributed by atoms with Crippen molar-refractivity contribution in [3.8, 4) is 11.8 Å². The number of aryl methyl sites for hydroxylation is 1. The second-order valence-corrected chi connectivity index (χ2v) is 8.62. The molecular weight excluding hydrogens is 442 g/mol. The Morgan fingerprint density at radius 3 is 2.59 bits per heavy atom. The summed E-state index contributed by atoms with van der Waals surface area (Å²) in [6.07, 6.45) is 1.31. The van der Waals surface area contributed by atoms with Gasteiger partial charge in [0.05, 0.1) is 23.1 Å². The van der Waals surface area contributed by atoms with Crippen LogP contribution < -0.4 is 15.2 Å². The largest absolute Gasteiger partial charge is 0.433 e. The van der Waals surface area contributed by atoms with Crippen molar-refractivity contribution in [2.45, 2.75) is 45.5 Å². The zero-order valence-electron chi connectivity index (χ0n) is 19.4. The molecule has 0 aromatic carbocycles. The van der Waals surface area contributed by atoms with Crippen LogP contribution in [0.3, 0.4) is 0 Å². The van der Waals surface area contributed by atoms with Gasteiger partial charge in [0.1, 0.15) is 23.0 Å². The highest BCUT2D eigenvalue weighted by Crippen LogP contribution is 2.32. The summed E-state index contributed by atoms with van der Waals surface area (Å²) in [5, 5.41) is 9.33. The van der Waals surface area contributed by atoms with Crippen molar-refractivity contribution in [2.24, 2.45) is 7.05 Å². The van der Waals surface area contributed by atoms with Crippen LogP contribution in [0.4, 0.5) is 14.5 Å². The first kappa shape index (κ1) is 23.6. The summed E-state index contributed by atoms with van der Waals surface area (Å²) in [6, 6.07) is 10.3. The maximum atomic E-state index is 12.7. The summed E-state index contributed by atoms with van der Waals surface area (Å²) in [7, 11) is 1.69. The number of rotatable bonds is 5. The first-order chi connectivity index (χ1) is 16.2. The highest BCUT2D eigenvalue weighted by Gasteiger charge is 2.34. The Hall–Kier alpha value is -3.58. The van der Waals surface area contributed by atoms with Crippen molar-refractivity contribution in [3.63, 3.8) is 0 Å². The second kappa shape index (κ2) is 9.35. The van der Waals surface area contributed by atoms with E-state index < -0.39 is 6.61 Å². The van der Waals surface area contributed by atoms with Gasteiger partial charge in [-0.2, -0.15) is 14.0 Å². The molecule has 0 amide bonds. The maximum absolute atomic E-state index is 12.7. The number of aromatic nitrogens is 3. The molecule has 0 aliphatic carbocycles. The zero-order valence-corrected chi connectivity index (χ0v) is 19.4. The third-order valence-corrected chi connectivity index (χ3v) is 6.44. The van der Waals surface area contributed by atoms with Gasteiger partial charge >= 0.3 is 6.61 Å². The fourth-order valence-electron chi connectivity index (χ4n) is 4.60. The minimum atomic E-state index is -2.89. The molecule has 178 valence electrons. The quantitative estimate of drug-likeness (QED) is 0.567. The lowest BCUT2D eigenvalue weighted by atomic mass is 10.0. The van der Waals surface area contributed by atoms with Crippen LogP contribution in [0, 0.1) is 11.3 Å². The van der Waals surface area contributed by atoms with Gasteiger partial charge in [-0.25, -0.2) is 4.98 Å². The normalized spacial score (nSPS) is 19.9. The summed E-state index contributed by atoms with van der Waals surface area (Å²) in [6.45, 7) is 4.65. The van der Waals surface area contributed by atoms with E-state index in [-0.39, 0.29) is 29.4 Å². The standard InChI is InChI=1S/C24H26F2N6O2/c1-14-13-32(21-9-22(33)30(4)20-8-5-17(10-27)29-23(20)21)15(2)12-31(14)16(3)19-7-6-18(11-28-19)34-24(25)26/h5-9,11,14-16,24H,12-13H2,1-4H3/t14-,15+,16?/m1/s1. The molecule has 10 heteroatoms. The molecule has 0 N–H and O–H groups in total. The molecule has 3 aromatic rings. The molecule has 3 atom stereocenters. The van der Waals surface area contributed by atoms with Gasteiger partial charge < -0.3 is 14.2 Å². The summed E-state index contributed by atoms with van der Waals surface area (Å²) in [4.78, 5) is 26.0. The molecule has 4 heterocycles. The van der Waals surface area contributed by atoms with Crippen LogP contribution in [0.2, 0.25) is 0 Å². The van der Waals surface area contributed by atoms with Gasteiger partial charge in [0.25, 0.3) is 5.56 Å². The van der Waals surface area contributed by atoms with Gasteiger partial charge in [-0.1, -0.05) is 0 Å². The summed E-state index contributed by atoms with van der Waals surface area (Å²) in [5.74, 6) is 0.0268. The molecule has 1 saturated heterocycles. The van der Waals surface area contributed by atoms with Crippen molar-refractivity contribution in [2.75, 3.05) is 18.0 Å². The molecule has 3 aromatic heterocycles. The Labute approximate surface area is 196 Å². The topological polar surface area (TPSA) is 87.3 Å². The average molecular weight is 469 g/mol. The molecule has 34 heavy (non-hydrogen) atoms. The average Bonchev–Trinajstić information content (AvgIpc) is 2.82. The van der Waals surface area contributed by atoms with Crippen molar-refractivity contribution < 1.29 is 13.5 Å². The first-order valence-electron chi connectivity index (χ1n) is 11.0. The van der Waals surface area contributed by atoms with Gasteiger partial charge in [0.15, 0.2) is 0 Å². The smallest absolute Gasteiger partial charge is 0.387 e. The van der Waals surface area contributed by atoms with Crippen LogP contribution in [0.25, 0.3) is 11.0 Å². The number of hydrogen-bond donors (Lipinski definition) is 0. The number of halogens is 2. The monoisotopic (exact) mass is 468 g/mol. The van der Waals surface area contributed by atoms with Crippen LogP contribution >= 0.6 is 0 Å². The second-order valence-electron chi connectivity index (χ2n) is 8.62. The number of nitriles is 1. The highest BCUT2D eigenvalue weighted by atomic mass is 19.3. The molecule has 0 bridgehead atoms. The van der Waals surface area contributed by atoms with E-state index in [0.717, 1.165) is 5.69 Å². The lowest BCUT2D eigenvalue weighted by molar-refractivity contribution is -0.0501. The molecular formula is C24H26F2N6O2. The maximum Gasteiger partial charge on any atom is 0.387 e. The van der Waals surface area contributed by atoms with E-state index in [9.17, 15) is 18.8 Å². The van der Waals surface area contributed by atoms with Crippen LogP contribution in [0.15, 0.2) is 41.3 Å². The number of hydrogen-bond acceptors (Lipinski definition) is 7. The van der Waals surface area contributed by atoms with E-state index in [0.29, 0.717) is 35.5 Å². The first-order valence-corrected chi connectivity index (χ1v) is 11.0. The molecule has 1 aliphatic rings. The molecule has 8 nitrogen and oxygen atoms in total. The van der Waals surface area contributed by atoms with Gasteiger partial charge in [0, 0.05) is 44.3 Å². The minimum Gasteiger partial charge on any atom is -0.433 e. The molecule has 1 fully saturated rings. The Morgan fingerprint density at radius 1 is 1.18 bits per heavy atom. The number of pyridine rings is 3. The third-order valence-electron chi connectivity index (χ3n) is 6.44. The summed E-state index contributed by atoms with van der Waals surface area (Å²) >= 11 is 0. The lowest BCUT2D eigenvalue weighted by Gasteiger charge is -2.47. The molecule has 0 radical (unpaired) electrons. The fraction of sp³-hybridized carbons (Fsp3) is 0.417. The number of ether oxygens (including phenoxy) is 1. The van der Waals surface area contributed by atoms with E-state index in [1.165, 1.54) is 16.8 Å². The fourth-order valence-corrected chi connectivity index (χ4v) is 4.60. The van der Waals surface area contributed by atoms with E-state index in [2.05, 4.69) is 44.4 Å². The summed E-state index contributed by atoms with van der Waals surface area (Å²) < 4.78 is 30.8. The van der Waals surface area contributed by atoms with Crippen molar-refractivity contribution in [1.29, 1.82) is 5.26 Å². The van der Waals surface area contributed by atoms with Crippen LogP contribution in [-0.4, -0.2) is 51.2 Å². The van der Waals surface area contributed by atoms with E-state index >= 15 is 0 Å². The molecule has 4 rings (SSSR count). The van der Waals surface area contributed by atoms with Gasteiger partial charge in [-0.3, -0.25) is 14.7 Å². The Kier molecular flexibility index (Phi) is 6.48. The Bertz CT molecular complexity index is 1290.